The van der Waals surface area contributed by atoms with Crippen LogP contribution in [0.4, 0.5) is 0 Å². The van der Waals surface area contributed by atoms with Gasteiger partial charge < -0.3 is 36.2 Å². The molecule has 3 heterocycles. The molecule has 4 rings (SSSR count). The van der Waals surface area contributed by atoms with E-state index in [1.54, 1.807) is 19.1 Å². The standard InChI is InChI=1S/C16H22N6O6S/c1-8-2-4-9(5-3-8)29(26,27)28-11-6-22-14(18)19-10(7-23)12-15(22,16(11,24)25)21-13(17)20-12/h2-5,10-12,23-25H,6-7H2,1H3,(H2,18,19)(H3,17,20,21)/t10-,11-,12-,15-/m0/s1. The van der Waals surface area contributed by atoms with Crippen LogP contribution in [-0.2, 0) is 14.3 Å². The van der Waals surface area contributed by atoms with Crippen LogP contribution >= 0.6 is 0 Å². The summed E-state index contributed by atoms with van der Waals surface area (Å²) in [6.07, 6.45) is -1.67. The fourth-order valence-corrected chi connectivity index (χ4v) is 5.24. The first kappa shape index (κ1) is 19.8. The highest BCUT2D eigenvalue weighted by Crippen LogP contribution is 2.44. The third-order valence-corrected chi connectivity index (χ3v) is 6.93. The summed E-state index contributed by atoms with van der Waals surface area (Å²) in [7, 11) is -4.35. The molecule has 3 aliphatic rings. The van der Waals surface area contributed by atoms with Crippen LogP contribution in [0.15, 0.2) is 29.2 Å². The predicted octanol–water partition coefficient (Wildman–Crippen LogP) is -2.84. The Morgan fingerprint density at radius 3 is 2.52 bits per heavy atom. The highest BCUT2D eigenvalue weighted by Gasteiger charge is 2.75. The third kappa shape index (κ3) is 2.69. The molecule has 1 aromatic carbocycles. The Morgan fingerprint density at radius 2 is 1.90 bits per heavy atom. The summed E-state index contributed by atoms with van der Waals surface area (Å²) in [6, 6.07) is 4.08. The molecule has 0 amide bonds. The van der Waals surface area contributed by atoms with E-state index in [-0.39, 0.29) is 23.4 Å². The van der Waals surface area contributed by atoms with Gasteiger partial charge in [0, 0.05) is 0 Å². The molecule has 1 aromatic rings. The van der Waals surface area contributed by atoms with Crippen molar-refractivity contribution in [3.05, 3.63) is 29.8 Å². The van der Waals surface area contributed by atoms with Gasteiger partial charge in [-0.1, -0.05) is 17.7 Å². The maximum Gasteiger partial charge on any atom is 0.297 e. The fraction of sp³-hybridized carbons (Fsp3) is 0.500. The van der Waals surface area contributed by atoms with Gasteiger partial charge in [-0.2, -0.15) is 8.42 Å². The van der Waals surface area contributed by atoms with Crippen molar-refractivity contribution in [3.63, 3.8) is 0 Å². The van der Waals surface area contributed by atoms with Crippen molar-refractivity contribution in [3.8, 4) is 0 Å². The zero-order valence-corrected chi connectivity index (χ0v) is 16.2. The van der Waals surface area contributed by atoms with Gasteiger partial charge in [-0.25, -0.2) is 0 Å². The molecule has 8 N–H and O–H groups in total. The Hall–Kier alpha value is -2.45. The molecule has 1 spiro atoms. The van der Waals surface area contributed by atoms with E-state index in [1.165, 1.54) is 17.0 Å². The summed E-state index contributed by atoms with van der Waals surface area (Å²) in [4.78, 5) is 1.04. The molecule has 12 nitrogen and oxygen atoms in total. The van der Waals surface area contributed by atoms with Gasteiger partial charge >= 0.3 is 0 Å². The van der Waals surface area contributed by atoms with Crippen LogP contribution in [0.25, 0.3) is 0 Å². The van der Waals surface area contributed by atoms with E-state index < -0.39 is 46.4 Å². The normalized spacial score (nSPS) is 32.8. The lowest BCUT2D eigenvalue weighted by Gasteiger charge is -2.50. The van der Waals surface area contributed by atoms with Crippen LogP contribution in [-0.4, -0.2) is 83.3 Å². The number of benzene rings is 1. The van der Waals surface area contributed by atoms with Crippen LogP contribution in [0, 0.1) is 17.7 Å². The largest absolute Gasteiger partial charge is 0.394 e. The molecule has 3 aliphatic heterocycles. The minimum absolute atomic E-state index is 0.149. The van der Waals surface area contributed by atoms with Gasteiger partial charge in [0.2, 0.25) is 5.79 Å². The molecule has 3 fully saturated rings. The molecule has 0 unspecified atom stereocenters. The third-order valence-electron chi connectivity index (χ3n) is 5.59. The number of aryl methyl sites for hydroxylation is 1. The molecular weight excluding hydrogens is 404 g/mol. The lowest BCUT2D eigenvalue weighted by molar-refractivity contribution is -0.253. The van der Waals surface area contributed by atoms with Crippen molar-refractivity contribution in [2.75, 3.05) is 13.2 Å². The number of nitrogens with zero attached hydrogens (tertiary/aromatic N) is 1. The van der Waals surface area contributed by atoms with E-state index in [9.17, 15) is 23.7 Å². The summed E-state index contributed by atoms with van der Waals surface area (Å²) in [6.45, 7) is 0.969. The lowest BCUT2D eigenvalue weighted by atomic mass is 9.85. The van der Waals surface area contributed by atoms with E-state index >= 15 is 0 Å². The molecule has 158 valence electrons. The second-order valence-corrected chi connectivity index (χ2v) is 8.93. The van der Waals surface area contributed by atoms with Crippen molar-refractivity contribution in [1.29, 1.82) is 10.8 Å². The molecule has 3 saturated heterocycles. The van der Waals surface area contributed by atoms with E-state index in [1.807, 2.05) is 0 Å². The zero-order valence-electron chi connectivity index (χ0n) is 15.4. The van der Waals surface area contributed by atoms with Crippen LogP contribution < -0.4 is 16.0 Å². The maximum atomic E-state index is 12.7. The summed E-state index contributed by atoms with van der Waals surface area (Å²) >= 11 is 0. The first-order valence-corrected chi connectivity index (χ1v) is 10.3. The fourth-order valence-electron chi connectivity index (χ4n) is 4.16. The van der Waals surface area contributed by atoms with Gasteiger partial charge in [0.15, 0.2) is 23.7 Å². The van der Waals surface area contributed by atoms with Crippen molar-refractivity contribution in [2.24, 2.45) is 0 Å². The molecular formula is C16H22N6O6S. The van der Waals surface area contributed by atoms with E-state index in [2.05, 4.69) is 16.0 Å². The molecule has 4 atom stereocenters. The molecule has 13 heteroatoms. The highest BCUT2D eigenvalue weighted by molar-refractivity contribution is 7.86. The number of guanidine groups is 2. The second kappa shape index (κ2) is 6.27. The lowest BCUT2D eigenvalue weighted by Crippen LogP contribution is -2.80. The van der Waals surface area contributed by atoms with Crippen molar-refractivity contribution >= 4 is 22.0 Å². The maximum absolute atomic E-state index is 12.7. The molecule has 0 radical (unpaired) electrons. The van der Waals surface area contributed by atoms with E-state index in [0.29, 0.717) is 0 Å². The van der Waals surface area contributed by atoms with Crippen LogP contribution in [0.5, 0.6) is 0 Å². The van der Waals surface area contributed by atoms with Gasteiger partial charge in [0.1, 0.15) is 0 Å². The average Bonchev–Trinajstić information content (AvgIpc) is 3.11. The topological polar surface area (TPSA) is 191 Å². The minimum atomic E-state index is -4.35. The number of nitrogens with one attached hydrogen (secondary N) is 5. The Bertz CT molecular complexity index is 967. The van der Waals surface area contributed by atoms with Gasteiger partial charge in [-0.3, -0.25) is 15.0 Å². The minimum Gasteiger partial charge on any atom is -0.394 e. The molecule has 0 aliphatic carbocycles. The van der Waals surface area contributed by atoms with Gasteiger partial charge in [0.25, 0.3) is 10.1 Å². The summed E-state index contributed by atoms with van der Waals surface area (Å²) < 4.78 is 30.6. The molecule has 29 heavy (non-hydrogen) atoms. The first-order valence-electron chi connectivity index (χ1n) is 8.84. The van der Waals surface area contributed by atoms with Gasteiger partial charge in [0.05, 0.1) is 30.1 Å². The first-order chi connectivity index (χ1) is 13.5. The van der Waals surface area contributed by atoms with E-state index in [0.717, 1.165) is 5.56 Å². The predicted molar refractivity (Wildman–Crippen MR) is 99.4 cm³/mol. The van der Waals surface area contributed by atoms with Crippen molar-refractivity contribution in [2.45, 2.75) is 41.5 Å². The van der Waals surface area contributed by atoms with Crippen molar-refractivity contribution < 1.29 is 27.9 Å². The number of hydrogen-bond acceptors (Lipinski definition) is 8. The molecule has 0 saturated carbocycles. The highest BCUT2D eigenvalue weighted by atomic mass is 32.2. The number of aliphatic hydroxyl groups excluding tert-OH is 1. The average molecular weight is 426 g/mol. The van der Waals surface area contributed by atoms with Crippen LogP contribution in [0.3, 0.4) is 0 Å². The molecule has 0 bridgehead atoms. The zero-order chi connectivity index (χ0) is 21.2. The van der Waals surface area contributed by atoms with E-state index in [4.69, 9.17) is 15.0 Å². The Kier molecular flexibility index (Phi) is 4.29. The smallest absolute Gasteiger partial charge is 0.297 e. The van der Waals surface area contributed by atoms with Crippen LogP contribution in [0.2, 0.25) is 0 Å². The monoisotopic (exact) mass is 426 g/mol. The quantitative estimate of drug-likeness (QED) is 0.184. The summed E-state index contributed by atoms with van der Waals surface area (Å²) in [5, 5.41) is 55.8. The Morgan fingerprint density at radius 1 is 1.24 bits per heavy atom. The summed E-state index contributed by atoms with van der Waals surface area (Å²) in [5.74, 6) is -3.35. The molecule has 0 aromatic heterocycles. The van der Waals surface area contributed by atoms with Crippen molar-refractivity contribution in [1.82, 2.24) is 20.9 Å². The SMILES string of the molecule is Cc1ccc(S(=O)(=O)O[C@H]2CN3C(=N)N[C@@H](CO)[C@@H]4NC(=N)N[C@@]43C2(O)O)cc1. The van der Waals surface area contributed by atoms with Crippen LogP contribution in [0.1, 0.15) is 5.56 Å². The second-order valence-electron chi connectivity index (χ2n) is 7.36. The van der Waals surface area contributed by atoms with Gasteiger partial charge in [-0.05, 0) is 19.1 Å². The van der Waals surface area contributed by atoms with Gasteiger partial charge in [-0.15, -0.1) is 0 Å². The Labute approximate surface area is 166 Å². The number of aliphatic hydroxyl groups is 3. The number of hydrogen-bond donors (Lipinski definition) is 8. The number of rotatable bonds is 4. The summed E-state index contributed by atoms with van der Waals surface area (Å²) in [5.41, 5.74) is -1.04. The Balaban J connectivity index is 1.72.